The van der Waals surface area contributed by atoms with Crippen LogP contribution in [0.25, 0.3) is 17.0 Å². The molecule has 0 saturated carbocycles. The van der Waals surface area contributed by atoms with Gasteiger partial charge in [0.2, 0.25) is 0 Å². The highest BCUT2D eigenvalue weighted by atomic mass is 15.0. The number of aryl methyl sites for hydroxylation is 1. The minimum Gasteiger partial charge on any atom is -0.344 e. The smallest absolute Gasteiger partial charge is 0.0486 e. The molecule has 2 rings (SSSR count). The number of aromatic nitrogens is 1. The Morgan fingerprint density at radius 3 is 2.57 bits per heavy atom. The molecule has 1 aromatic carbocycles. The molecule has 0 fully saturated rings. The minimum atomic E-state index is -0.244. The molecular weight excluding hydrogens is 256 g/mol. The molecule has 2 N–H and O–H groups in total. The summed E-state index contributed by atoms with van der Waals surface area (Å²) in [6, 6.07) is 8.60. The zero-order chi connectivity index (χ0) is 15.5. The summed E-state index contributed by atoms with van der Waals surface area (Å²) in [5.74, 6) is 0. The summed E-state index contributed by atoms with van der Waals surface area (Å²) in [7, 11) is 2.14. The predicted molar refractivity (Wildman–Crippen MR) is 93.3 cm³/mol. The summed E-state index contributed by atoms with van der Waals surface area (Å²) in [5, 5.41) is 1.30. The SMILES string of the molecule is C/C=C\c1c(C(N)(CC)CCCC)c2ccccc2n1C. The molecule has 0 saturated heterocycles. The maximum absolute atomic E-state index is 6.87. The normalized spacial score (nSPS) is 14.9. The number of hydrogen-bond donors (Lipinski definition) is 1. The molecule has 0 bridgehead atoms. The molecule has 2 aromatic rings. The maximum Gasteiger partial charge on any atom is 0.0486 e. The van der Waals surface area contributed by atoms with Crippen LogP contribution in [0.5, 0.6) is 0 Å². The van der Waals surface area contributed by atoms with Gasteiger partial charge >= 0.3 is 0 Å². The Bertz CT molecular complexity index is 636. The maximum atomic E-state index is 6.87. The van der Waals surface area contributed by atoms with E-state index in [9.17, 15) is 0 Å². The molecule has 0 amide bonds. The lowest BCUT2D eigenvalue weighted by Gasteiger charge is -2.29. The molecule has 0 aliphatic heterocycles. The van der Waals surface area contributed by atoms with Crippen LogP contribution in [0.3, 0.4) is 0 Å². The molecule has 1 aromatic heterocycles. The first kappa shape index (κ1) is 15.8. The third-order valence-corrected chi connectivity index (χ3v) is 4.58. The van der Waals surface area contributed by atoms with Crippen LogP contribution in [-0.4, -0.2) is 4.57 Å². The largest absolute Gasteiger partial charge is 0.344 e. The quantitative estimate of drug-likeness (QED) is 0.798. The number of para-hydroxylation sites is 1. The van der Waals surface area contributed by atoms with E-state index < -0.39 is 0 Å². The van der Waals surface area contributed by atoms with Gasteiger partial charge in [-0.05, 0) is 31.9 Å². The first-order chi connectivity index (χ1) is 10.1. The van der Waals surface area contributed by atoms with Crippen molar-refractivity contribution >= 4 is 17.0 Å². The van der Waals surface area contributed by atoms with Crippen molar-refractivity contribution in [3.63, 3.8) is 0 Å². The molecule has 114 valence electrons. The fourth-order valence-corrected chi connectivity index (χ4v) is 3.26. The van der Waals surface area contributed by atoms with Crippen molar-refractivity contribution in [3.8, 4) is 0 Å². The van der Waals surface area contributed by atoms with Crippen molar-refractivity contribution in [2.24, 2.45) is 12.8 Å². The molecule has 1 unspecified atom stereocenters. The van der Waals surface area contributed by atoms with Crippen molar-refractivity contribution in [1.29, 1.82) is 0 Å². The monoisotopic (exact) mass is 284 g/mol. The molecule has 1 heterocycles. The Balaban J connectivity index is 2.73. The summed E-state index contributed by atoms with van der Waals surface area (Å²) in [6.45, 7) is 6.50. The Kier molecular flexibility index (Phi) is 4.89. The highest BCUT2D eigenvalue weighted by molar-refractivity contribution is 5.89. The van der Waals surface area contributed by atoms with Gasteiger partial charge in [-0.15, -0.1) is 0 Å². The van der Waals surface area contributed by atoms with Crippen molar-refractivity contribution in [2.45, 2.75) is 52.0 Å². The van der Waals surface area contributed by atoms with Gasteiger partial charge in [-0.25, -0.2) is 0 Å². The Morgan fingerprint density at radius 1 is 1.24 bits per heavy atom. The number of hydrogen-bond acceptors (Lipinski definition) is 1. The van der Waals surface area contributed by atoms with Crippen LogP contribution < -0.4 is 5.73 Å². The van der Waals surface area contributed by atoms with Gasteiger partial charge in [-0.3, -0.25) is 0 Å². The van der Waals surface area contributed by atoms with E-state index in [1.165, 1.54) is 35.0 Å². The number of benzene rings is 1. The molecule has 0 spiro atoms. The van der Waals surface area contributed by atoms with Gasteiger partial charge in [-0.2, -0.15) is 0 Å². The molecular formula is C19H28N2. The predicted octanol–water partition coefficient (Wildman–Crippen LogP) is 4.97. The Labute approximate surface area is 128 Å². The fourth-order valence-electron chi connectivity index (χ4n) is 3.26. The fraction of sp³-hybridized carbons (Fsp3) is 0.474. The van der Waals surface area contributed by atoms with Crippen molar-refractivity contribution in [1.82, 2.24) is 4.57 Å². The number of nitrogens with zero attached hydrogens (tertiary/aromatic N) is 1. The minimum absolute atomic E-state index is 0.244. The van der Waals surface area contributed by atoms with Crippen LogP contribution in [0.4, 0.5) is 0 Å². The lowest BCUT2D eigenvalue weighted by atomic mass is 9.81. The van der Waals surface area contributed by atoms with Crippen molar-refractivity contribution < 1.29 is 0 Å². The first-order valence-electron chi connectivity index (χ1n) is 8.08. The summed E-state index contributed by atoms with van der Waals surface area (Å²) in [6.07, 6.45) is 8.65. The molecule has 21 heavy (non-hydrogen) atoms. The zero-order valence-electron chi connectivity index (χ0n) is 13.8. The van der Waals surface area contributed by atoms with E-state index in [4.69, 9.17) is 5.73 Å². The van der Waals surface area contributed by atoms with Gasteiger partial charge in [0.15, 0.2) is 0 Å². The second-order valence-corrected chi connectivity index (χ2v) is 5.95. The van der Waals surface area contributed by atoms with Gasteiger partial charge in [0.1, 0.15) is 0 Å². The summed E-state index contributed by atoms with van der Waals surface area (Å²) in [5.41, 5.74) is 10.5. The lowest BCUT2D eigenvalue weighted by Crippen LogP contribution is -2.36. The number of rotatable bonds is 6. The van der Waals surface area contributed by atoms with Crippen LogP contribution in [0, 0.1) is 0 Å². The highest BCUT2D eigenvalue weighted by Gasteiger charge is 2.31. The van der Waals surface area contributed by atoms with Crippen LogP contribution in [0.1, 0.15) is 57.7 Å². The van der Waals surface area contributed by atoms with E-state index in [0.717, 1.165) is 12.8 Å². The van der Waals surface area contributed by atoms with Crippen molar-refractivity contribution in [2.75, 3.05) is 0 Å². The number of nitrogens with two attached hydrogens (primary N) is 1. The van der Waals surface area contributed by atoms with Gasteiger partial charge in [0.25, 0.3) is 0 Å². The first-order valence-corrected chi connectivity index (χ1v) is 8.08. The van der Waals surface area contributed by atoms with E-state index in [-0.39, 0.29) is 5.54 Å². The summed E-state index contributed by atoms with van der Waals surface area (Å²) in [4.78, 5) is 0. The molecule has 2 nitrogen and oxygen atoms in total. The Morgan fingerprint density at radius 2 is 1.95 bits per heavy atom. The van der Waals surface area contributed by atoms with Gasteiger partial charge in [0, 0.05) is 34.7 Å². The third-order valence-electron chi connectivity index (χ3n) is 4.58. The van der Waals surface area contributed by atoms with E-state index in [2.05, 4.69) is 68.8 Å². The van der Waals surface area contributed by atoms with Crippen LogP contribution in [-0.2, 0) is 12.6 Å². The van der Waals surface area contributed by atoms with Gasteiger partial charge in [0.05, 0.1) is 0 Å². The van der Waals surface area contributed by atoms with Gasteiger partial charge in [-0.1, -0.05) is 51.0 Å². The lowest BCUT2D eigenvalue weighted by molar-refractivity contribution is 0.382. The van der Waals surface area contributed by atoms with Crippen LogP contribution in [0.2, 0.25) is 0 Å². The van der Waals surface area contributed by atoms with Crippen LogP contribution in [0.15, 0.2) is 30.3 Å². The van der Waals surface area contributed by atoms with Crippen LogP contribution >= 0.6 is 0 Å². The zero-order valence-corrected chi connectivity index (χ0v) is 13.8. The van der Waals surface area contributed by atoms with E-state index in [1.807, 2.05) is 0 Å². The molecule has 0 aliphatic carbocycles. The average Bonchev–Trinajstić information content (AvgIpc) is 2.79. The second kappa shape index (κ2) is 6.48. The number of allylic oxidation sites excluding steroid dienone is 1. The topological polar surface area (TPSA) is 30.9 Å². The molecule has 1 atom stereocenters. The van der Waals surface area contributed by atoms with E-state index >= 15 is 0 Å². The Hall–Kier alpha value is -1.54. The van der Waals surface area contributed by atoms with E-state index in [1.54, 1.807) is 0 Å². The van der Waals surface area contributed by atoms with Crippen molar-refractivity contribution in [3.05, 3.63) is 41.6 Å². The molecule has 0 aliphatic rings. The third kappa shape index (κ3) is 2.77. The second-order valence-electron chi connectivity index (χ2n) is 5.95. The molecule has 2 heteroatoms. The summed E-state index contributed by atoms with van der Waals surface area (Å²) < 4.78 is 2.27. The summed E-state index contributed by atoms with van der Waals surface area (Å²) >= 11 is 0. The number of fused-ring (bicyclic) bond motifs is 1. The van der Waals surface area contributed by atoms with E-state index in [0.29, 0.717) is 0 Å². The average molecular weight is 284 g/mol. The highest BCUT2D eigenvalue weighted by Crippen LogP contribution is 2.38. The number of unbranched alkanes of at least 4 members (excludes halogenated alkanes) is 1. The van der Waals surface area contributed by atoms with Gasteiger partial charge < -0.3 is 10.3 Å². The molecule has 0 radical (unpaired) electrons. The standard InChI is InChI=1S/C19H28N2/c1-5-8-14-19(20,7-3)18-15-12-9-10-13-16(15)21(4)17(18)11-6-2/h6,9-13H,5,7-8,14,20H2,1-4H3/b11-6-.